The Hall–Kier alpha value is -0.940. The summed E-state index contributed by atoms with van der Waals surface area (Å²) in [6.07, 6.45) is 0. The molecule has 0 aliphatic carbocycles. The van der Waals surface area contributed by atoms with Crippen molar-refractivity contribution in [1.82, 2.24) is 0 Å². The van der Waals surface area contributed by atoms with Crippen LogP contribution in [-0.2, 0) is 0 Å². The molecule has 0 atom stereocenters. The van der Waals surface area contributed by atoms with Crippen molar-refractivity contribution in [3.8, 4) is 5.75 Å². The van der Waals surface area contributed by atoms with E-state index in [0.29, 0.717) is 5.75 Å². The van der Waals surface area contributed by atoms with Crippen molar-refractivity contribution in [1.29, 1.82) is 0 Å². The van der Waals surface area contributed by atoms with Gasteiger partial charge in [0.05, 0.1) is 18.1 Å². The second kappa shape index (κ2) is 4.52. The zero-order valence-electron chi connectivity index (χ0n) is 7.51. The molecule has 14 heavy (non-hydrogen) atoms. The molecule has 1 rings (SSSR count). The lowest BCUT2D eigenvalue weighted by Crippen LogP contribution is -2.14. The Morgan fingerprint density at radius 2 is 2.29 bits per heavy atom. The maximum absolute atomic E-state index is 13.2. The summed E-state index contributed by atoms with van der Waals surface area (Å²) in [6, 6.07) is 2.64. The smallest absolute Gasteiger partial charge is 0.177 e. The van der Waals surface area contributed by atoms with Crippen LogP contribution in [0.3, 0.4) is 0 Å². The molecular formula is C9H9BrFNO2. The third-order valence-corrected chi connectivity index (χ3v) is 2.53. The summed E-state index contributed by atoms with van der Waals surface area (Å²) in [6.45, 7) is -0.162. The van der Waals surface area contributed by atoms with Gasteiger partial charge >= 0.3 is 0 Å². The Balaban J connectivity index is 3.27. The monoisotopic (exact) mass is 261 g/mol. The number of methoxy groups -OCH3 is 1. The Morgan fingerprint density at radius 3 is 2.79 bits per heavy atom. The molecule has 0 saturated carbocycles. The molecule has 5 heteroatoms. The number of carbonyl (C=O) groups excluding carboxylic acids is 1. The number of ketones is 1. The third-order valence-electron chi connectivity index (χ3n) is 1.72. The molecule has 0 aromatic heterocycles. The van der Waals surface area contributed by atoms with E-state index in [2.05, 4.69) is 15.9 Å². The molecule has 0 radical (unpaired) electrons. The number of Topliss-reactive ketones (excluding diaryl/α,β-unsaturated/α-hetero) is 1. The van der Waals surface area contributed by atoms with Crippen LogP contribution in [0, 0.1) is 5.82 Å². The average molecular weight is 262 g/mol. The third kappa shape index (κ3) is 2.10. The van der Waals surface area contributed by atoms with Crippen molar-refractivity contribution in [3.05, 3.63) is 28.0 Å². The van der Waals surface area contributed by atoms with Gasteiger partial charge in [-0.3, -0.25) is 4.79 Å². The molecule has 0 amide bonds. The highest BCUT2D eigenvalue weighted by Gasteiger charge is 2.14. The van der Waals surface area contributed by atoms with E-state index in [-0.39, 0.29) is 22.4 Å². The lowest BCUT2D eigenvalue weighted by Gasteiger charge is -2.06. The number of ether oxygens (including phenoxy) is 1. The minimum atomic E-state index is -0.541. The summed E-state index contributed by atoms with van der Waals surface area (Å²) >= 11 is 2.98. The molecule has 2 N–H and O–H groups in total. The van der Waals surface area contributed by atoms with Gasteiger partial charge in [0.1, 0.15) is 11.6 Å². The van der Waals surface area contributed by atoms with Crippen LogP contribution in [-0.4, -0.2) is 19.4 Å². The average Bonchev–Trinajstić information content (AvgIpc) is 2.20. The Kier molecular flexibility index (Phi) is 3.60. The molecule has 0 heterocycles. The number of halogens is 2. The predicted octanol–water partition coefficient (Wildman–Crippen LogP) is 1.74. The highest BCUT2D eigenvalue weighted by atomic mass is 79.9. The maximum atomic E-state index is 13.2. The van der Waals surface area contributed by atoms with E-state index in [4.69, 9.17) is 10.5 Å². The molecule has 0 bridgehead atoms. The van der Waals surface area contributed by atoms with Gasteiger partial charge < -0.3 is 10.5 Å². The molecule has 3 nitrogen and oxygen atoms in total. The summed E-state index contributed by atoms with van der Waals surface area (Å²) in [5, 5.41) is 0. The van der Waals surface area contributed by atoms with Crippen LogP contribution in [0.15, 0.2) is 16.6 Å². The number of carbonyl (C=O) groups is 1. The van der Waals surface area contributed by atoms with Crippen LogP contribution < -0.4 is 10.5 Å². The Labute approximate surface area is 89.2 Å². The number of hydrogen-bond acceptors (Lipinski definition) is 3. The van der Waals surface area contributed by atoms with E-state index in [1.807, 2.05) is 0 Å². The van der Waals surface area contributed by atoms with E-state index in [0.717, 1.165) is 0 Å². The molecule has 0 fully saturated rings. The summed E-state index contributed by atoms with van der Waals surface area (Å²) in [5.74, 6) is -0.585. The summed E-state index contributed by atoms with van der Waals surface area (Å²) < 4.78 is 18.2. The molecule has 1 aromatic rings. The van der Waals surface area contributed by atoms with Crippen LogP contribution in [0.2, 0.25) is 0 Å². The number of benzene rings is 1. The van der Waals surface area contributed by atoms with Crippen LogP contribution in [0.4, 0.5) is 4.39 Å². The molecule has 0 unspecified atom stereocenters. The largest absolute Gasteiger partial charge is 0.497 e. The van der Waals surface area contributed by atoms with Gasteiger partial charge in [-0.25, -0.2) is 4.39 Å². The zero-order chi connectivity index (χ0) is 10.7. The van der Waals surface area contributed by atoms with Crippen LogP contribution in [0.1, 0.15) is 10.4 Å². The van der Waals surface area contributed by atoms with E-state index in [1.165, 1.54) is 19.2 Å². The van der Waals surface area contributed by atoms with E-state index >= 15 is 0 Å². The first-order valence-corrected chi connectivity index (χ1v) is 4.65. The second-order valence-electron chi connectivity index (χ2n) is 2.60. The minimum absolute atomic E-state index is 0.119. The summed E-state index contributed by atoms with van der Waals surface area (Å²) in [7, 11) is 1.40. The number of rotatable bonds is 3. The van der Waals surface area contributed by atoms with Gasteiger partial charge in [0.15, 0.2) is 5.78 Å². The number of hydrogen-bond donors (Lipinski definition) is 1. The van der Waals surface area contributed by atoms with Crippen LogP contribution in [0.25, 0.3) is 0 Å². The standard InChI is InChI=1S/C9H9BrFNO2/c1-14-5-2-6(8(13)4-12)9(10)7(11)3-5/h2-3H,4,12H2,1H3. The van der Waals surface area contributed by atoms with E-state index in [9.17, 15) is 9.18 Å². The van der Waals surface area contributed by atoms with Crippen molar-refractivity contribution in [3.63, 3.8) is 0 Å². The zero-order valence-corrected chi connectivity index (χ0v) is 9.10. The molecule has 0 aliphatic heterocycles. The second-order valence-corrected chi connectivity index (χ2v) is 3.39. The SMILES string of the molecule is COc1cc(F)c(Br)c(C(=O)CN)c1. The normalized spacial score (nSPS) is 10.0. The van der Waals surface area contributed by atoms with Gasteiger partial charge in [-0.2, -0.15) is 0 Å². The molecule has 0 saturated heterocycles. The van der Waals surface area contributed by atoms with Crippen LogP contribution >= 0.6 is 15.9 Å². The lowest BCUT2D eigenvalue weighted by atomic mass is 10.1. The van der Waals surface area contributed by atoms with Crippen molar-refractivity contribution in [2.24, 2.45) is 5.73 Å². The minimum Gasteiger partial charge on any atom is -0.497 e. The van der Waals surface area contributed by atoms with Gasteiger partial charge in [-0.05, 0) is 22.0 Å². The van der Waals surface area contributed by atoms with Gasteiger partial charge in [0, 0.05) is 11.6 Å². The quantitative estimate of drug-likeness (QED) is 0.844. The first-order valence-electron chi connectivity index (χ1n) is 3.86. The molecule has 1 aromatic carbocycles. The van der Waals surface area contributed by atoms with Crippen molar-refractivity contribution >= 4 is 21.7 Å². The van der Waals surface area contributed by atoms with E-state index in [1.54, 1.807) is 0 Å². The highest BCUT2D eigenvalue weighted by molar-refractivity contribution is 9.10. The molecule has 76 valence electrons. The fraction of sp³-hybridized carbons (Fsp3) is 0.222. The summed E-state index contributed by atoms with van der Waals surface area (Å²) in [4.78, 5) is 11.3. The molecular weight excluding hydrogens is 253 g/mol. The van der Waals surface area contributed by atoms with Gasteiger partial charge in [-0.15, -0.1) is 0 Å². The lowest BCUT2D eigenvalue weighted by molar-refractivity contribution is 0.1000. The fourth-order valence-electron chi connectivity index (χ4n) is 0.995. The molecule has 0 spiro atoms. The fourth-order valence-corrected chi connectivity index (χ4v) is 1.44. The predicted molar refractivity (Wildman–Crippen MR) is 54.0 cm³/mol. The van der Waals surface area contributed by atoms with Gasteiger partial charge in [0.2, 0.25) is 0 Å². The first-order chi connectivity index (χ1) is 6.60. The van der Waals surface area contributed by atoms with Crippen molar-refractivity contribution in [2.75, 3.05) is 13.7 Å². The van der Waals surface area contributed by atoms with E-state index < -0.39 is 5.82 Å². The van der Waals surface area contributed by atoms with Crippen molar-refractivity contribution in [2.45, 2.75) is 0 Å². The Morgan fingerprint density at radius 1 is 1.64 bits per heavy atom. The van der Waals surface area contributed by atoms with Crippen LogP contribution in [0.5, 0.6) is 5.75 Å². The highest BCUT2D eigenvalue weighted by Crippen LogP contribution is 2.26. The first kappa shape index (κ1) is 11.1. The number of nitrogens with two attached hydrogens (primary N) is 1. The van der Waals surface area contributed by atoms with Crippen molar-refractivity contribution < 1.29 is 13.9 Å². The molecule has 0 aliphatic rings. The Bertz CT molecular complexity index is 368. The topological polar surface area (TPSA) is 52.3 Å². The maximum Gasteiger partial charge on any atom is 0.177 e. The van der Waals surface area contributed by atoms with Gasteiger partial charge in [-0.1, -0.05) is 0 Å². The summed E-state index contributed by atoms with van der Waals surface area (Å²) in [5.41, 5.74) is 5.38. The van der Waals surface area contributed by atoms with Gasteiger partial charge in [0.25, 0.3) is 0 Å².